The van der Waals surface area contributed by atoms with E-state index in [1.54, 1.807) is 23.6 Å². The summed E-state index contributed by atoms with van der Waals surface area (Å²) in [6, 6.07) is 11.8. The number of carbonyl (C=O) groups is 2. The highest BCUT2D eigenvalue weighted by atomic mass is 32.1. The van der Waals surface area contributed by atoms with Crippen LogP contribution in [-0.2, 0) is 9.59 Å². The van der Waals surface area contributed by atoms with Crippen molar-refractivity contribution in [3.8, 4) is 0 Å². The highest BCUT2D eigenvalue weighted by Gasteiger charge is 2.41. The number of anilines is 2. The maximum atomic E-state index is 14.3. The predicted octanol–water partition coefficient (Wildman–Crippen LogP) is 5.04. The number of benzene rings is 2. The highest BCUT2D eigenvalue weighted by Crippen LogP contribution is 2.36. The summed E-state index contributed by atoms with van der Waals surface area (Å²) >= 11 is 1.30. The number of nitrogens with zero attached hydrogens (tertiary/aromatic N) is 1. The van der Waals surface area contributed by atoms with Gasteiger partial charge in [-0.3, -0.25) is 9.59 Å². The molecule has 0 spiro atoms. The second-order valence-corrected chi connectivity index (χ2v) is 7.64. The normalized spacial score (nSPS) is 14.1. The number of thiophene rings is 1. The average molecular weight is 410 g/mol. The van der Waals surface area contributed by atoms with Crippen LogP contribution in [0.5, 0.6) is 0 Å². The number of nitrogens with one attached hydrogen (secondary N) is 1. The van der Waals surface area contributed by atoms with Crippen LogP contribution in [0.15, 0.2) is 59.6 Å². The standard InChI is InChI=1S/C22H16F2N2O2S/c1-12-5-7-15(10-13(12)2)25-20-19(18-4-3-9-29-18)21(27)26(22(20)28)17-8-6-14(23)11-16(17)24/h3-11,25H,1-2H3. The first-order valence-electron chi connectivity index (χ1n) is 8.83. The Bertz CT molecular complexity index is 1170. The number of hydrogen-bond acceptors (Lipinski definition) is 4. The van der Waals surface area contributed by atoms with Gasteiger partial charge >= 0.3 is 0 Å². The van der Waals surface area contributed by atoms with Gasteiger partial charge in [0.1, 0.15) is 17.3 Å². The molecule has 7 heteroatoms. The van der Waals surface area contributed by atoms with Gasteiger partial charge in [0.2, 0.25) is 0 Å². The number of hydrogen-bond donors (Lipinski definition) is 1. The molecule has 1 aromatic heterocycles. The minimum absolute atomic E-state index is 0.0597. The molecular weight excluding hydrogens is 394 g/mol. The third kappa shape index (κ3) is 3.34. The van der Waals surface area contributed by atoms with Gasteiger partial charge in [0, 0.05) is 16.6 Å². The Balaban J connectivity index is 1.81. The van der Waals surface area contributed by atoms with Gasteiger partial charge in [0.25, 0.3) is 11.8 Å². The first kappa shape index (κ1) is 19.0. The van der Waals surface area contributed by atoms with Crippen LogP contribution >= 0.6 is 11.3 Å². The largest absolute Gasteiger partial charge is 0.350 e. The molecule has 0 saturated carbocycles. The molecule has 0 aliphatic carbocycles. The summed E-state index contributed by atoms with van der Waals surface area (Å²) < 4.78 is 27.7. The molecule has 1 aliphatic rings. The van der Waals surface area contributed by atoms with E-state index in [2.05, 4.69) is 5.32 Å². The summed E-state index contributed by atoms with van der Waals surface area (Å²) in [5, 5.41) is 4.82. The summed E-state index contributed by atoms with van der Waals surface area (Å²) in [7, 11) is 0. The van der Waals surface area contributed by atoms with Gasteiger partial charge in [-0.2, -0.15) is 0 Å². The number of halogens is 2. The van der Waals surface area contributed by atoms with E-state index in [0.29, 0.717) is 16.6 Å². The topological polar surface area (TPSA) is 49.4 Å². The predicted molar refractivity (Wildman–Crippen MR) is 110 cm³/mol. The van der Waals surface area contributed by atoms with E-state index in [1.807, 2.05) is 26.0 Å². The van der Waals surface area contributed by atoms with E-state index in [0.717, 1.165) is 28.2 Å². The van der Waals surface area contributed by atoms with Crippen LogP contribution < -0.4 is 10.2 Å². The van der Waals surface area contributed by atoms with Crippen molar-refractivity contribution in [2.24, 2.45) is 0 Å². The van der Waals surface area contributed by atoms with Gasteiger partial charge in [-0.05, 0) is 60.7 Å². The summed E-state index contributed by atoms with van der Waals surface area (Å²) in [5.74, 6) is -3.12. The molecular formula is C22H16F2N2O2S. The zero-order valence-electron chi connectivity index (χ0n) is 15.6. The average Bonchev–Trinajstić information content (AvgIpc) is 3.27. The molecule has 0 atom stereocenters. The van der Waals surface area contributed by atoms with E-state index < -0.39 is 23.4 Å². The molecule has 0 bridgehead atoms. The Morgan fingerprint density at radius 2 is 1.72 bits per heavy atom. The van der Waals surface area contributed by atoms with Gasteiger partial charge in [0.15, 0.2) is 0 Å². The van der Waals surface area contributed by atoms with E-state index in [4.69, 9.17) is 0 Å². The smallest absolute Gasteiger partial charge is 0.282 e. The molecule has 4 nitrogen and oxygen atoms in total. The van der Waals surface area contributed by atoms with Crippen LogP contribution in [0.4, 0.5) is 20.2 Å². The quantitative estimate of drug-likeness (QED) is 0.613. The van der Waals surface area contributed by atoms with Gasteiger partial charge in [-0.25, -0.2) is 13.7 Å². The summed E-state index contributed by atoms with van der Waals surface area (Å²) in [6.07, 6.45) is 0. The first-order chi connectivity index (χ1) is 13.9. The van der Waals surface area contributed by atoms with E-state index in [1.165, 1.54) is 11.3 Å². The van der Waals surface area contributed by atoms with Gasteiger partial charge in [0.05, 0.1) is 11.3 Å². The van der Waals surface area contributed by atoms with Crippen molar-refractivity contribution in [1.29, 1.82) is 0 Å². The van der Waals surface area contributed by atoms with Crippen molar-refractivity contribution in [3.05, 3.63) is 87.2 Å². The maximum Gasteiger partial charge on any atom is 0.282 e. The lowest BCUT2D eigenvalue weighted by atomic mass is 10.1. The third-order valence-electron chi connectivity index (χ3n) is 4.78. The van der Waals surface area contributed by atoms with Crippen molar-refractivity contribution in [1.82, 2.24) is 0 Å². The number of rotatable bonds is 4. The Labute approximate surface area is 170 Å². The van der Waals surface area contributed by atoms with Crippen LogP contribution in [0.25, 0.3) is 5.57 Å². The minimum Gasteiger partial charge on any atom is -0.350 e. The fraction of sp³-hybridized carbons (Fsp3) is 0.0909. The molecule has 0 unspecified atom stereocenters. The van der Waals surface area contributed by atoms with Crippen molar-refractivity contribution in [2.75, 3.05) is 10.2 Å². The van der Waals surface area contributed by atoms with Crippen LogP contribution in [0.3, 0.4) is 0 Å². The van der Waals surface area contributed by atoms with E-state index in [-0.39, 0.29) is 17.0 Å². The number of amides is 2. The molecule has 0 fully saturated rings. The third-order valence-corrected chi connectivity index (χ3v) is 5.67. The first-order valence-corrected chi connectivity index (χ1v) is 9.71. The zero-order valence-corrected chi connectivity index (χ0v) is 16.4. The maximum absolute atomic E-state index is 14.3. The molecule has 0 saturated heterocycles. The van der Waals surface area contributed by atoms with Crippen molar-refractivity contribution in [3.63, 3.8) is 0 Å². The molecule has 1 aliphatic heterocycles. The number of carbonyl (C=O) groups excluding carboxylic acids is 2. The highest BCUT2D eigenvalue weighted by molar-refractivity contribution is 7.11. The van der Waals surface area contributed by atoms with Gasteiger partial charge < -0.3 is 5.32 Å². The van der Waals surface area contributed by atoms with Crippen LogP contribution in [0.2, 0.25) is 0 Å². The second kappa shape index (κ2) is 7.25. The van der Waals surface area contributed by atoms with Crippen LogP contribution in [0.1, 0.15) is 16.0 Å². The van der Waals surface area contributed by atoms with E-state index in [9.17, 15) is 18.4 Å². The number of aryl methyl sites for hydroxylation is 2. The van der Waals surface area contributed by atoms with Crippen LogP contribution in [-0.4, -0.2) is 11.8 Å². The lowest BCUT2D eigenvalue weighted by molar-refractivity contribution is -0.120. The van der Waals surface area contributed by atoms with Crippen molar-refractivity contribution >= 4 is 40.1 Å². The lowest BCUT2D eigenvalue weighted by Gasteiger charge is -2.16. The molecule has 0 radical (unpaired) electrons. The fourth-order valence-electron chi connectivity index (χ4n) is 3.14. The molecule has 2 aromatic carbocycles. The van der Waals surface area contributed by atoms with Gasteiger partial charge in [-0.15, -0.1) is 11.3 Å². The molecule has 2 heterocycles. The summed E-state index contributed by atoms with van der Waals surface area (Å²) in [5.41, 5.74) is 2.68. The lowest BCUT2D eigenvalue weighted by Crippen LogP contribution is -2.33. The SMILES string of the molecule is Cc1ccc(NC2=C(c3cccs3)C(=O)N(c3ccc(F)cc3F)C2=O)cc1C. The van der Waals surface area contributed by atoms with Crippen LogP contribution in [0, 0.1) is 25.5 Å². The Morgan fingerprint density at radius 3 is 2.38 bits per heavy atom. The zero-order chi connectivity index (χ0) is 20.7. The van der Waals surface area contributed by atoms with E-state index >= 15 is 0 Å². The molecule has 29 heavy (non-hydrogen) atoms. The Kier molecular flexibility index (Phi) is 4.76. The molecule has 146 valence electrons. The van der Waals surface area contributed by atoms with Gasteiger partial charge in [-0.1, -0.05) is 12.1 Å². The molecule has 3 aromatic rings. The summed E-state index contributed by atoms with van der Waals surface area (Å²) in [6.45, 7) is 3.91. The molecule has 2 amide bonds. The summed E-state index contributed by atoms with van der Waals surface area (Å²) in [4.78, 5) is 27.6. The molecule has 1 N–H and O–H groups in total. The minimum atomic E-state index is -0.982. The number of imide groups is 1. The molecule has 4 rings (SSSR count). The fourth-order valence-corrected chi connectivity index (χ4v) is 3.91. The Morgan fingerprint density at radius 1 is 0.931 bits per heavy atom. The van der Waals surface area contributed by atoms with Crippen molar-refractivity contribution < 1.29 is 18.4 Å². The second-order valence-electron chi connectivity index (χ2n) is 6.69. The van der Waals surface area contributed by atoms with Crippen molar-refractivity contribution in [2.45, 2.75) is 13.8 Å². The monoisotopic (exact) mass is 410 g/mol. The Hall–Kier alpha value is -3.32.